The van der Waals surface area contributed by atoms with Gasteiger partial charge in [-0.3, -0.25) is 0 Å². The molecule has 0 amide bonds. The summed E-state index contributed by atoms with van der Waals surface area (Å²) in [4.78, 5) is 1.25. The van der Waals surface area contributed by atoms with Crippen molar-refractivity contribution in [3.63, 3.8) is 0 Å². The van der Waals surface area contributed by atoms with Gasteiger partial charge in [0.05, 0.1) is 6.10 Å². The van der Waals surface area contributed by atoms with Crippen LogP contribution in [0.3, 0.4) is 0 Å². The highest BCUT2D eigenvalue weighted by Gasteiger charge is 2.08. The fourth-order valence-corrected chi connectivity index (χ4v) is 1.85. The molecule has 13 heavy (non-hydrogen) atoms. The Hall–Kier alpha value is -0.380. The lowest BCUT2D eigenvalue weighted by Gasteiger charge is -2.12. The molecule has 0 saturated heterocycles. The number of hydrogen-bond donors (Lipinski definition) is 2. The average Bonchev–Trinajstić information content (AvgIpc) is 2.47. The molecule has 0 radical (unpaired) electrons. The first-order valence-electron chi connectivity index (χ1n) is 4.56. The van der Waals surface area contributed by atoms with E-state index in [4.69, 9.17) is 0 Å². The first-order valence-corrected chi connectivity index (χ1v) is 5.44. The predicted molar refractivity (Wildman–Crippen MR) is 57.2 cm³/mol. The van der Waals surface area contributed by atoms with E-state index in [-0.39, 0.29) is 6.10 Å². The third-order valence-corrected chi connectivity index (χ3v) is 2.73. The number of nitrogens with one attached hydrogen (secondary N) is 1. The summed E-state index contributed by atoms with van der Waals surface area (Å²) in [6, 6.07) is 2.46. The van der Waals surface area contributed by atoms with Crippen LogP contribution in [-0.4, -0.2) is 17.7 Å². The Balaban J connectivity index is 2.44. The van der Waals surface area contributed by atoms with E-state index in [1.165, 1.54) is 4.88 Å². The van der Waals surface area contributed by atoms with Crippen molar-refractivity contribution in [2.75, 3.05) is 6.54 Å². The van der Waals surface area contributed by atoms with Gasteiger partial charge in [-0.05, 0) is 23.9 Å². The van der Waals surface area contributed by atoms with E-state index in [9.17, 15) is 5.11 Å². The summed E-state index contributed by atoms with van der Waals surface area (Å²) in [6.07, 6.45) is -0.368. The highest BCUT2D eigenvalue weighted by Crippen LogP contribution is 2.19. The number of thiophene rings is 1. The molecule has 0 saturated carbocycles. The molecule has 0 fully saturated rings. The van der Waals surface area contributed by atoms with Gasteiger partial charge in [0.2, 0.25) is 0 Å². The van der Waals surface area contributed by atoms with Crippen LogP contribution in [0.15, 0.2) is 11.4 Å². The maximum Gasteiger partial charge on any atom is 0.0922 e. The van der Waals surface area contributed by atoms with Crippen LogP contribution in [0, 0.1) is 6.92 Å². The molecule has 3 heteroatoms. The van der Waals surface area contributed by atoms with E-state index >= 15 is 0 Å². The third kappa shape index (κ3) is 3.46. The van der Waals surface area contributed by atoms with Crippen LogP contribution in [0.4, 0.5) is 0 Å². The van der Waals surface area contributed by atoms with Crippen LogP contribution in [0.5, 0.6) is 0 Å². The molecule has 1 rings (SSSR count). The van der Waals surface area contributed by atoms with E-state index in [1.807, 2.05) is 11.4 Å². The van der Waals surface area contributed by atoms with Crippen molar-refractivity contribution < 1.29 is 5.11 Å². The molecule has 0 aromatic carbocycles. The Morgan fingerprint density at radius 1 is 1.54 bits per heavy atom. The van der Waals surface area contributed by atoms with Gasteiger partial charge in [-0.15, -0.1) is 11.3 Å². The van der Waals surface area contributed by atoms with Gasteiger partial charge in [-0.2, -0.15) is 0 Å². The number of aliphatic hydroxyl groups is 1. The molecule has 1 aromatic heterocycles. The van der Waals surface area contributed by atoms with Crippen molar-refractivity contribution in [2.45, 2.75) is 32.9 Å². The van der Waals surface area contributed by atoms with Crippen LogP contribution < -0.4 is 5.32 Å². The largest absolute Gasteiger partial charge is 0.387 e. The minimum atomic E-state index is -0.368. The smallest absolute Gasteiger partial charge is 0.0922 e. The molecule has 0 spiro atoms. The Morgan fingerprint density at radius 2 is 2.23 bits per heavy atom. The maximum atomic E-state index is 9.73. The number of hydrogen-bond acceptors (Lipinski definition) is 3. The second kappa shape index (κ2) is 4.74. The van der Waals surface area contributed by atoms with E-state index < -0.39 is 0 Å². The van der Waals surface area contributed by atoms with Gasteiger partial charge in [-0.25, -0.2) is 0 Å². The molecule has 1 heterocycles. The lowest BCUT2D eigenvalue weighted by Crippen LogP contribution is -2.27. The molecule has 1 unspecified atom stereocenters. The van der Waals surface area contributed by atoms with Crippen LogP contribution >= 0.6 is 11.3 Å². The van der Waals surface area contributed by atoms with Crippen LogP contribution in [0.1, 0.15) is 30.4 Å². The summed E-state index contributed by atoms with van der Waals surface area (Å²) in [5, 5.41) is 15.0. The zero-order chi connectivity index (χ0) is 9.84. The molecule has 0 aliphatic carbocycles. The van der Waals surface area contributed by atoms with Gasteiger partial charge in [0.15, 0.2) is 0 Å². The second-order valence-electron chi connectivity index (χ2n) is 3.57. The molecule has 74 valence electrons. The Kier molecular flexibility index (Phi) is 3.90. The lowest BCUT2D eigenvalue weighted by molar-refractivity contribution is 0.172. The van der Waals surface area contributed by atoms with Gasteiger partial charge in [0.25, 0.3) is 0 Å². The average molecular weight is 199 g/mol. The molecule has 0 bridgehead atoms. The topological polar surface area (TPSA) is 32.3 Å². The summed E-state index contributed by atoms with van der Waals surface area (Å²) < 4.78 is 0. The standard InChI is InChI=1S/C10H17NOS/c1-7(2)11-5-10(12)9-4-8(3)13-6-9/h4,6-7,10-12H,5H2,1-3H3. The number of aliphatic hydroxyl groups excluding tert-OH is 1. The van der Waals surface area contributed by atoms with Crippen molar-refractivity contribution in [1.29, 1.82) is 0 Å². The SMILES string of the molecule is Cc1cc(C(O)CNC(C)C)cs1. The van der Waals surface area contributed by atoms with E-state index in [2.05, 4.69) is 26.1 Å². The maximum absolute atomic E-state index is 9.73. The highest BCUT2D eigenvalue weighted by atomic mass is 32.1. The van der Waals surface area contributed by atoms with Gasteiger partial charge in [-0.1, -0.05) is 13.8 Å². The summed E-state index contributed by atoms with van der Waals surface area (Å²) in [7, 11) is 0. The molecule has 0 aliphatic rings. The number of aryl methyl sites for hydroxylation is 1. The zero-order valence-electron chi connectivity index (χ0n) is 8.37. The normalized spacial score (nSPS) is 13.6. The van der Waals surface area contributed by atoms with Crippen LogP contribution in [-0.2, 0) is 0 Å². The first-order chi connectivity index (χ1) is 6.09. The minimum Gasteiger partial charge on any atom is -0.387 e. The number of rotatable bonds is 4. The summed E-state index contributed by atoms with van der Waals surface area (Å²) in [5.41, 5.74) is 1.02. The zero-order valence-corrected chi connectivity index (χ0v) is 9.19. The van der Waals surface area contributed by atoms with Gasteiger partial charge >= 0.3 is 0 Å². The summed E-state index contributed by atoms with van der Waals surface area (Å²) in [6.45, 7) is 6.84. The Bertz CT molecular complexity index is 257. The van der Waals surface area contributed by atoms with Crippen molar-refractivity contribution in [3.05, 3.63) is 21.9 Å². The molecule has 1 aromatic rings. The summed E-state index contributed by atoms with van der Waals surface area (Å²) in [5.74, 6) is 0. The molecule has 2 N–H and O–H groups in total. The molecular weight excluding hydrogens is 182 g/mol. The fourth-order valence-electron chi connectivity index (χ4n) is 1.10. The quantitative estimate of drug-likeness (QED) is 0.778. The minimum absolute atomic E-state index is 0.368. The fraction of sp³-hybridized carbons (Fsp3) is 0.600. The van der Waals surface area contributed by atoms with Gasteiger partial charge < -0.3 is 10.4 Å². The van der Waals surface area contributed by atoms with Crippen molar-refractivity contribution in [3.8, 4) is 0 Å². The van der Waals surface area contributed by atoms with E-state index in [0.717, 1.165) is 5.56 Å². The molecule has 1 atom stereocenters. The summed E-state index contributed by atoms with van der Waals surface area (Å²) >= 11 is 1.68. The monoisotopic (exact) mass is 199 g/mol. The Labute approximate surface area is 83.6 Å². The van der Waals surface area contributed by atoms with Gasteiger partial charge in [0.1, 0.15) is 0 Å². The van der Waals surface area contributed by atoms with Crippen LogP contribution in [0.2, 0.25) is 0 Å². The second-order valence-corrected chi connectivity index (χ2v) is 4.68. The van der Waals surface area contributed by atoms with Crippen molar-refractivity contribution in [2.24, 2.45) is 0 Å². The van der Waals surface area contributed by atoms with Crippen molar-refractivity contribution in [1.82, 2.24) is 5.32 Å². The Morgan fingerprint density at radius 3 is 2.69 bits per heavy atom. The molecular formula is C10H17NOS. The van der Waals surface area contributed by atoms with E-state index in [1.54, 1.807) is 11.3 Å². The molecule has 0 aliphatic heterocycles. The van der Waals surface area contributed by atoms with Gasteiger partial charge in [0, 0.05) is 17.5 Å². The first kappa shape index (κ1) is 10.7. The predicted octanol–water partition coefficient (Wildman–Crippen LogP) is 2.09. The highest BCUT2D eigenvalue weighted by molar-refractivity contribution is 7.10. The van der Waals surface area contributed by atoms with E-state index in [0.29, 0.717) is 12.6 Å². The van der Waals surface area contributed by atoms with Crippen LogP contribution in [0.25, 0.3) is 0 Å². The lowest BCUT2D eigenvalue weighted by atomic mass is 10.2. The van der Waals surface area contributed by atoms with Crippen molar-refractivity contribution >= 4 is 11.3 Å². The molecule has 2 nitrogen and oxygen atoms in total. The third-order valence-electron chi connectivity index (χ3n) is 1.86.